The first-order valence-electron chi connectivity index (χ1n) is 6.16. The molecule has 0 fully saturated rings. The highest BCUT2D eigenvalue weighted by atomic mass is 79.9. The molecule has 0 unspecified atom stereocenters. The van der Waals surface area contributed by atoms with Crippen LogP contribution < -0.4 is 11.1 Å². The molecule has 1 aromatic carbocycles. The average Bonchev–Trinajstić information content (AvgIpc) is 2.46. The largest absolute Gasteiger partial charge is 0.409 e. The minimum Gasteiger partial charge on any atom is -0.409 e. The highest BCUT2D eigenvalue weighted by molar-refractivity contribution is 9.10. The third-order valence-corrected chi connectivity index (χ3v) is 3.97. The molecule has 1 amide bonds. The van der Waals surface area contributed by atoms with Crippen LogP contribution in [0.2, 0.25) is 0 Å². The van der Waals surface area contributed by atoms with Gasteiger partial charge in [0.25, 0.3) is 5.91 Å². The number of benzene rings is 1. The van der Waals surface area contributed by atoms with Crippen molar-refractivity contribution >= 4 is 27.7 Å². The van der Waals surface area contributed by atoms with Crippen LogP contribution in [0.15, 0.2) is 27.8 Å². The van der Waals surface area contributed by atoms with E-state index >= 15 is 0 Å². The van der Waals surface area contributed by atoms with Gasteiger partial charge in [-0.1, -0.05) is 25.1 Å². The molecule has 0 saturated heterocycles. The van der Waals surface area contributed by atoms with Crippen LogP contribution in [0, 0.1) is 5.82 Å². The molecular formula is C13H17BrFN3O2. The van der Waals surface area contributed by atoms with Crippen LogP contribution in [-0.4, -0.2) is 22.5 Å². The summed E-state index contributed by atoms with van der Waals surface area (Å²) in [5, 5.41) is 14.5. The highest BCUT2D eigenvalue weighted by Crippen LogP contribution is 2.21. The summed E-state index contributed by atoms with van der Waals surface area (Å²) in [4.78, 5) is 12.2. The van der Waals surface area contributed by atoms with Crippen molar-refractivity contribution in [3.05, 3.63) is 34.1 Å². The lowest BCUT2D eigenvalue weighted by Crippen LogP contribution is -2.57. The fourth-order valence-electron chi connectivity index (χ4n) is 1.91. The van der Waals surface area contributed by atoms with E-state index in [1.54, 1.807) is 19.9 Å². The Morgan fingerprint density at radius 2 is 2.10 bits per heavy atom. The number of carbonyl (C=O) groups is 1. The summed E-state index contributed by atoms with van der Waals surface area (Å²) in [5.74, 6) is -1.36. The number of amides is 1. The number of halogens is 2. The zero-order valence-electron chi connectivity index (χ0n) is 11.3. The maximum absolute atomic E-state index is 13.9. The Kier molecular flexibility index (Phi) is 5.50. The molecule has 0 bridgehead atoms. The van der Waals surface area contributed by atoms with E-state index in [4.69, 9.17) is 10.9 Å². The van der Waals surface area contributed by atoms with Gasteiger partial charge in [-0.3, -0.25) is 4.79 Å². The van der Waals surface area contributed by atoms with Crippen LogP contribution in [0.25, 0.3) is 0 Å². The SMILES string of the molecule is CCC(CC)(NC(=O)c1cccc(Br)c1F)/C(N)=N/O. The van der Waals surface area contributed by atoms with E-state index in [2.05, 4.69) is 26.4 Å². The number of oxime groups is 1. The lowest BCUT2D eigenvalue weighted by molar-refractivity contribution is 0.0913. The van der Waals surface area contributed by atoms with Gasteiger partial charge in [0.1, 0.15) is 11.4 Å². The Hall–Kier alpha value is -1.63. The molecule has 5 nitrogen and oxygen atoms in total. The maximum atomic E-state index is 13.9. The van der Waals surface area contributed by atoms with Gasteiger partial charge in [-0.25, -0.2) is 4.39 Å². The van der Waals surface area contributed by atoms with E-state index in [-0.39, 0.29) is 15.9 Å². The number of hydrogen-bond donors (Lipinski definition) is 3. The van der Waals surface area contributed by atoms with Gasteiger partial charge >= 0.3 is 0 Å². The lowest BCUT2D eigenvalue weighted by Gasteiger charge is -2.31. The summed E-state index contributed by atoms with van der Waals surface area (Å²) < 4.78 is 14.1. The van der Waals surface area contributed by atoms with Crippen LogP contribution >= 0.6 is 15.9 Å². The van der Waals surface area contributed by atoms with Crippen molar-refractivity contribution in [2.45, 2.75) is 32.2 Å². The summed E-state index contributed by atoms with van der Waals surface area (Å²) >= 11 is 3.03. The van der Waals surface area contributed by atoms with E-state index in [1.807, 2.05) is 0 Å². The quantitative estimate of drug-likeness (QED) is 0.331. The van der Waals surface area contributed by atoms with Crippen LogP contribution in [0.1, 0.15) is 37.0 Å². The second-order valence-corrected chi connectivity index (χ2v) is 5.18. The van der Waals surface area contributed by atoms with Crippen LogP contribution in [0.3, 0.4) is 0 Å². The zero-order chi connectivity index (χ0) is 15.3. The predicted molar refractivity (Wildman–Crippen MR) is 78.3 cm³/mol. The maximum Gasteiger partial charge on any atom is 0.255 e. The van der Waals surface area contributed by atoms with Gasteiger partial charge in [0, 0.05) is 0 Å². The second kappa shape index (κ2) is 6.69. The lowest BCUT2D eigenvalue weighted by atomic mass is 9.91. The minimum absolute atomic E-state index is 0.101. The molecule has 0 aliphatic heterocycles. The van der Waals surface area contributed by atoms with Crippen molar-refractivity contribution in [2.24, 2.45) is 10.9 Å². The molecule has 0 atom stereocenters. The van der Waals surface area contributed by atoms with Crippen LogP contribution in [0.4, 0.5) is 4.39 Å². The van der Waals surface area contributed by atoms with E-state index in [1.165, 1.54) is 12.1 Å². The summed E-state index contributed by atoms with van der Waals surface area (Å²) in [6, 6.07) is 4.44. The fourth-order valence-corrected chi connectivity index (χ4v) is 2.28. The van der Waals surface area contributed by atoms with Crippen molar-refractivity contribution in [1.82, 2.24) is 5.32 Å². The van der Waals surface area contributed by atoms with Crippen LogP contribution in [-0.2, 0) is 0 Å². The van der Waals surface area contributed by atoms with E-state index in [9.17, 15) is 9.18 Å². The third-order valence-electron chi connectivity index (χ3n) is 3.35. The molecule has 0 radical (unpaired) electrons. The zero-order valence-corrected chi connectivity index (χ0v) is 12.9. The number of carbonyl (C=O) groups excluding carboxylic acids is 1. The Labute approximate surface area is 125 Å². The van der Waals surface area contributed by atoms with E-state index in [0.29, 0.717) is 12.8 Å². The van der Waals surface area contributed by atoms with E-state index in [0.717, 1.165) is 0 Å². The Bertz CT molecular complexity index is 530. The van der Waals surface area contributed by atoms with Gasteiger partial charge in [0.15, 0.2) is 5.84 Å². The summed E-state index contributed by atoms with van der Waals surface area (Å²) in [6.07, 6.45) is 0.835. The number of nitrogens with two attached hydrogens (primary N) is 1. The topological polar surface area (TPSA) is 87.7 Å². The van der Waals surface area contributed by atoms with Gasteiger partial charge in [0.2, 0.25) is 0 Å². The highest BCUT2D eigenvalue weighted by Gasteiger charge is 2.34. The Balaban J connectivity index is 3.12. The molecule has 0 heterocycles. The second-order valence-electron chi connectivity index (χ2n) is 4.33. The molecule has 0 aliphatic rings. The summed E-state index contributed by atoms with van der Waals surface area (Å²) in [6.45, 7) is 3.58. The number of nitrogens with zero attached hydrogens (tertiary/aromatic N) is 1. The van der Waals surface area contributed by atoms with Gasteiger partial charge < -0.3 is 16.3 Å². The molecule has 1 rings (SSSR count). The normalized spacial score (nSPS) is 12.3. The molecule has 0 aromatic heterocycles. The van der Waals surface area contributed by atoms with Gasteiger partial charge in [-0.15, -0.1) is 0 Å². The first-order valence-corrected chi connectivity index (χ1v) is 6.95. The van der Waals surface area contributed by atoms with Crippen LogP contribution in [0.5, 0.6) is 0 Å². The van der Waals surface area contributed by atoms with Crippen molar-refractivity contribution in [2.75, 3.05) is 0 Å². The molecule has 0 aliphatic carbocycles. The molecule has 20 heavy (non-hydrogen) atoms. The fraction of sp³-hybridized carbons (Fsp3) is 0.385. The predicted octanol–water partition coefficient (Wildman–Crippen LogP) is 2.62. The standard InChI is InChI=1S/C13H17BrFN3O2/c1-3-13(4-2,12(16)18-20)17-11(19)8-6-5-7-9(14)10(8)15/h5-7,20H,3-4H2,1-2H3,(H2,16,18)(H,17,19). The van der Waals surface area contributed by atoms with Gasteiger partial charge in [-0.05, 0) is 40.9 Å². The molecular weight excluding hydrogens is 329 g/mol. The van der Waals surface area contributed by atoms with Gasteiger partial charge in [-0.2, -0.15) is 0 Å². The Morgan fingerprint density at radius 3 is 2.60 bits per heavy atom. The third kappa shape index (κ3) is 3.09. The molecule has 0 saturated carbocycles. The number of amidine groups is 1. The van der Waals surface area contributed by atoms with Crippen molar-refractivity contribution in [3.8, 4) is 0 Å². The van der Waals surface area contributed by atoms with Crippen molar-refractivity contribution in [1.29, 1.82) is 0 Å². The summed E-state index contributed by atoms with van der Waals surface area (Å²) in [5.41, 5.74) is 4.55. The number of rotatable bonds is 5. The van der Waals surface area contributed by atoms with E-state index < -0.39 is 17.3 Å². The average molecular weight is 346 g/mol. The Morgan fingerprint density at radius 1 is 1.50 bits per heavy atom. The minimum atomic E-state index is -0.999. The monoisotopic (exact) mass is 345 g/mol. The summed E-state index contributed by atoms with van der Waals surface area (Å²) in [7, 11) is 0. The molecule has 7 heteroatoms. The van der Waals surface area contributed by atoms with Crippen molar-refractivity contribution < 1.29 is 14.4 Å². The molecule has 110 valence electrons. The number of hydrogen-bond acceptors (Lipinski definition) is 3. The first kappa shape index (κ1) is 16.4. The molecule has 4 N–H and O–H groups in total. The van der Waals surface area contributed by atoms with Gasteiger partial charge in [0.05, 0.1) is 10.0 Å². The molecule has 1 aromatic rings. The number of nitrogens with one attached hydrogen (secondary N) is 1. The van der Waals surface area contributed by atoms with Crippen molar-refractivity contribution in [3.63, 3.8) is 0 Å². The molecule has 0 spiro atoms. The smallest absolute Gasteiger partial charge is 0.255 e. The first-order chi connectivity index (χ1) is 9.41.